The number of hydrogen-bond acceptors (Lipinski definition) is 3. The van der Waals surface area contributed by atoms with Crippen molar-refractivity contribution in [2.75, 3.05) is 6.61 Å². The summed E-state index contributed by atoms with van der Waals surface area (Å²) >= 11 is 6.71. The summed E-state index contributed by atoms with van der Waals surface area (Å²) in [7, 11) is 0. The van der Waals surface area contributed by atoms with Crippen LogP contribution < -0.4 is 4.74 Å². The summed E-state index contributed by atoms with van der Waals surface area (Å²) in [5, 5.41) is 0. The summed E-state index contributed by atoms with van der Waals surface area (Å²) in [6.45, 7) is 2.82. The van der Waals surface area contributed by atoms with Crippen molar-refractivity contribution in [3.05, 3.63) is 39.5 Å². The highest BCUT2D eigenvalue weighted by Gasteiger charge is 2.04. The van der Waals surface area contributed by atoms with Crippen molar-refractivity contribution in [1.82, 2.24) is 9.97 Å². The average molecular weight is 372 g/mol. The Labute approximate surface area is 123 Å². The van der Waals surface area contributed by atoms with Crippen molar-refractivity contribution in [1.29, 1.82) is 0 Å². The molecule has 1 aromatic heterocycles. The minimum absolute atomic E-state index is 0.679. The van der Waals surface area contributed by atoms with Gasteiger partial charge < -0.3 is 4.74 Å². The molecule has 0 aliphatic carbocycles. The molecule has 94 valence electrons. The third-order valence-corrected chi connectivity index (χ3v) is 3.06. The second kappa shape index (κ2) is 6.29. The molecule has 0 atom stereocenters. The highest BCUT2D eigenvalue weighted by molar-refractivity contribution is 9.11. The number of nitrogens with zero attached hydrogens (tertiary/aromatic N) is 2. The minimum atomic E-state index is 0.679. The Kier molecular flexibility index (Phi) is 4.72. The number of hydrogen-bond donors (Lipinski definition) is 0. The molecule has 0 N–H and O–H groups in total. The Bertz CT molecular complexity index is 509. The standard InChI is InChI=1S/C13H12Br2N2O/c1-2-7-18-10-5-3-9(4-6-10)13-16-11(14)8-12(15)17-13/h3-6,8H,2,7H2,1H3. The lowest BCUT2D eigenvalue weighted by molar-refractivity contribution is 0.317. The lowest BCUT2D eigenvalue weighted by atomic mass is 10.2. The summed E-state index contributed by atoms with van der Waals surface area (Å²) in [4.78, 5) is 8.66. The van der Waals surface area contributed by atoms with Crippen LogP contribution in [0.1, 0.15) is 13.3 Å². The number of aromatic nitrogens is 2. The Hall–Kier alpha value is -0.940. The van der Waals surface area contributed by atoms with E-state index in [2.05, 4.69) is 48.8 Å². The molecule has 0 saturated carbocycles. The van der Waals surface area contributed by atoms with E-state index in [0.717, 1.165) is 33.5 Å². The highest BCUT2D eigenvalue weighted by atomic mass is 79.9. The minimum Gasteiger partial charge on any atom is -0.494 e. The first kappa shape index (κ1) is 13.5. The van der Waals surface area contributed by atoms with Gasteiger partial charge >= 0.3 is 0 Å². The van der Waals surface area contributed by atoms with E-state index in [0.29, 0.717) is 5.82 Å². The molecule has 5 heteroatoms. The Morgan fingerprint density at radius 1 is 1.06 bits per heavy atom. The zero-order valence-corrected chi connectivity index (χ0v) is 13.0. The van der Waals surface area contributed by atoms with Crippen LogP contribution in [-0.2, 0) is 0 Å². The van der Waals surface area contributed by atoms with Gasteiger partial charge in [0.05, 0.1) is 6.61 Å². The van der Waals surface area contributed by atoms with Crippen molar-refractivity contribution < 1.29 is 4.74 Å². The summed E-state index contributed by atoms with van der Waals surface area (Å²) in [6, 6.07) is 9.59. The molecule has 0 unspecified atom stereocenters. The third kappa shape index (κ3) is 3.53. The molecule has 2 aromatic rings. The van der Waals surface area contributed by atoms with Crippen LogP contribution in [-0.4, -0.2) is 16.6 Å². The van der Waals surface area contributed by atoms with Crippen molar-refractivity contribution in [3.63, 3.8) is 0 Å². The largest absolute Gasteiger partial charge is 0.494 e. The van der Waals surface area contributed by atoms with E-state index < -0.39 is 0 Å². The van der Waals surface area contributed by atoms with Gasteiger partial charge in [-0.25, -0.2) is 9.97 Å². The average Bonchev–Trinajstić information content (AvgIpc) is 2.36. The van der Waals surface area contributed by atoms with Crippen molar-refractivity contribution in [3.8, 4) is 17.1 Å². The maximum atomic E-state index is 5.53. The van der Waals surface area contributed by atoms with Gasteiger partial charge in [0.2, 0.25) is 0 Å². The van der Waals surface area contributed by atoms with E-state index in [1.54, 1.807) is 0 Å². The zero-order chi connectivity index (χ0) is 13.0. The van der Waals surface area contributed by atoms with E-state index in [-0.39, 0.29) is 0 Å². The third-order valence-electron chi connectivity index (χ3n) is 2.25. The molecular formula is C13H12Br2N2O. The number of ether oxygens (including phenoxy) is 1. The predicted molar refractivity (Wildman–Crippen MR) is 78.7 cm³/mol. The molecule has 0 fully saturated rings. The Morgan fingerprint density at radius 3 is 2.22 bits per heavy atom. The fourth-order valence-corrected chi connectivity index (χ4v) is 2.52. The fraction of sp³-hybridized carbons (Fsp3) is 0.231. The molecule has 0 saturated heterocycles. The summed E-state index contributed by atoms with van der Waals surface area (Å²) < 4.78 is 7.04. The lowest BCUT2D eigenvalue weighted by Gasteiger charge is -2.06. The molecule has 1 aromatic carbocycles. The maximum absolute atomic E-state index is 5.53. The Balaban J connectivity index is 2.23. The van der Waals surface area contributed by atoms with E-state index in [9.17, 15) is 0 Å². The second-order valence-corrected chi connectivity index (χ2v) is 5.33. The molecule has 0 aliphatic rings. The van der Waals surface area contributed by atoms with Gasteiger partial charge in [0.15, 0.2) is 5.82 Å². The summed E-state index contributed by atoms with van der Waals surface area (Å²) in [5.74, 6) is 1.55. The molecule has 3 nitrogen and oxygen atoms in total. The van der Waals surface area contributed by atoms with Gasteiger partial charge in [0.25, 0.3) is 0 Å². The van der Waals surface area contributed by atoms with Crippen molar-refractivity contribution >= 4 is 31.9 Å². The van der Waals surface area contributed by atoms with Crippen molar-refractivity contribution in [2.45, 2.75) is 13.3 Å². The van der Waals surface area contributed by atoms with Gasteiger partial charge in [-0.05, 0) is 62.5 Å². The highest BCUT2D eigenvalue weighted by Crippen LogP contribution is 2.23. The normalized spacial score (nSPS) is 10.4. The van der Waals surface area contributed by atoms with Crippen LogP contribution in [0, 0.1) is 0 Å². The lowest BCUT2D eigenvalue weighted by Crippen LogP contribution is -1.95. The van der Waals surface area contributed by atoms with Crippen LogP contribution in [0.15, 0.2) is 39.5 Å². The fourth-order valence-electron chi connectivity index (χ4n) is 1.44. The van der Waals surface area contributed by atoms with E-state index in [1.165, 1.54) is 0 Å². The first-order valence-corrected chi connectivity index (χ1v) is 7.21. The van der Waals surface area contributed by atoms with Gasteiger partial charge in [-0.1, -0.05) is 6.92 Å². The second-order valence-electron chi connectivity index (χ2n) is 3.71. The molecule has 18 heavy (non-hydrogen) atoms. The van der Waals surface area contributed by atoms with Gasteiger partial charge in [-0.3, -0.25) is 0 Å². The number of benzene rings is 1. The van der Waals surface area contributed by atoms with Crippen LogP contribution in [0.2, 0.25) is 0 Å². The van der Waals surface area contributed by atoms with Gasteiger partial charge in [0, 0.05) is 11.6 Å². The summed E-state index contributed by atoms with van der Waals surface area (Å²) in [5.41, 5.74) is 0.959. The monoisotopic (exact) mass is 370 g/mol. The molecular weight excluding hydrogens is 360 g/mol. The molecule has 0 aliphatic heterocycles. The van der Waals surface area contributed by atoms with Gasteiger partial charge in [-0.15, -0.1) is 0 Å². The van der Waals surface area contributed by atoms with Gasteiger partial charge in [-0.2, -0.15) is 0 Å². The quantitative estimate of drug-likeness (QED) is 0.744. The molecule has 0 bridgehead atoms. The molecule has 1 heterocycles. The first-order chi connectivity index (χ1) is 8.69. The van der Waals surface area contributed by atoms with Crippen LogP contribution in [0.3, 0.4) is 0 Å². The van der Waals surface area contributed by atoms with Crippen LogP contribution in [0.5, 0.6) is 5.75 Å². The molecule has 0 spiro atoms. The first-order valence-electron chi connectivity index (χ1n) is 5.62. The van der Waals surface area contributed by atoms with E-state index in [1.807, 2.05) is 30.3 Å². The summed E-state index contributed by atoms with van der Waals surface area (Å²) in [6.07, 6.45) is 1.00. The molecule has 0 amide bonds. The van der Waals surface area contributed by atoms with Crippen LogP contribution in [0.25, 0.3) is 11.4 Å². The molecule has 2 rings (SSSR count). The maximum Gasteiger partial charge on any atom is 0.161 e. The molecule has 0 radical (unpaired) electrons. The van der Waals surface area contributed by atoms with Crippen molar-refractivity contribution in [2.24, 2.45) is 0 Å². The van der Waals surface area contributed by atoms with Crippen LogP contribution >= 0.6 is 31.9 Å². The topological polar surface area (TPSA) is 35.0 Å². The number of rotatable bonds is 4. The number of halogens is 2. The van der Waals surface area contributed by atoms with Gasteiger partial charge in [0.1, 0.15) is 15.0 Å². The predicted octanol–water partition coefficient (Wildman–Crippen LogP) is 4.46. The van der Waals surface area contributed by atoms with Crippen LogP contribution in [0.4, 0.5) is 0 Å². The van der Waals surface area contributed by atoms with E-state index >= 15 is 0 Å². The Morgan fingerprint density at radius 2 is 1.67 bits per heavy atom. The van der Waals surface area contributed by atoms with E-state index in [4.69, 9.17) is 4.74 Å². The SMILES string of the molecule is CCCOc1ccc(-c2nc(Br)cc(Br)n2)cc1. The smallest absolute Gasteiger partial charge is 0.161 e. The zero-order valence-electron chi connectivity index (χ0n) is 9.86.